The molecule has 1 aromatic rings. The Morgan fingerprint density at radius 3 is 2.83 bits per heavy atom. The predicted molar refractivity (Wildman–Crippen MR) is 68.1 cm³/mol. The van der Waals surface area contributed by atoms with Crippen LogP contribution in [-0.4, -0.2) is 23.2 Å². The maximum atomic E-state index is 12.0. The van der Waals surface area contributed by atoms with Crippen molar-refractivity contribution in [1.29, 1.82) is 5.26 Å². The molecule has 0 N–H and O–H groups in total. The minimum absolute atomic E-state index is 0.221. The lowest BCUT2D eigenvalue weighted by molar-refractivity contribution is 0.297. The van der Waals surface area contributed by atoms with Gasteiger partial charge in [-0.05, 0) is 19.1 Å². The van der Waals surface area contributed by atoms with Gasteiger partial charge in [-0.15, -0.1) is 0 Å². The molecule has 0 spiro atoms. The van der Waals surface area contributed by atoms with Gasteiger partial charge in [-0.1, -0.05) is 0 Å². The second-order valence-corrected chi connectivity index (χ2v) is 5.70. The van der Waals surface area contributed by atoms with E-state index in [2.05, 4.69) is 6.07 Å². The van der Waals surface area contributed by atoms with Gasteiger partial charge in [0, 0.05) is 23.1 Å². The molecule has 2 atom stereocenters. The van der Waals surface area contributed by atoms with Gasteiger partial charge in [-0.2, -0.15) is 5.26 Å². The third-order valence-electron chi connectivity index (χ3n) is 2.60. The van der Waals surface area contributed by atoms with Crippen LogP contribution in [0.25, 0.3) is 0 Å². The normalized spacial score (nSPS) is 17.3. The van der Waals surface area contributed by atoms with E-state index < -0.39 is 10.8 Å². The lowest BCUT2D eigenvalue weighted by Gasteiger charge is -2.09. The Labute approximate surface area is 109 Å². The third-order valence-corrected chi connectivity index (χ3v) is 4.19. The first-order valence-electron chi connectivity index (χ1n) is 5.88. The summed E-state index contributed by atoms with van der Waals surface area (Å²) in [5.41, 5.74) is 0. The van der Waals surface area contributed by atoms with Gasteiger partial charge in [0.05, 0.1) is 36.0 Å². The highest BCUT2D eigenvalue weighted by Crippen LogP contribution is 2.31. The lowest BCUT2D eigenvalue weighted by Crippen LogP contribution is -2.06. The number of ether oxygens (including phenoxy) is 2. The fraction of sp³-hybridized carbons (Fsp3) is 0.462. The van der Waals surface area contributed by atoms with Gasteiger partial charge in [0.2, 0.25) is 0 Å². The zero-order chi connectivity index (χ0) is 13.0. The molecular formula is C13H15NO3S. The summed E-state index contributed by atoms with van der Waals surface area (Å²) < 4.78 is 23.1. The molecule has 1 aliphatic heterocycles. The summed E-state index contributed by atoms with van der Waals surface area (Å²) in [5.74, 6) is 1.46. The molecule has 1 aromatic carbocycles. The Balaban J connectivity index is 2.18. The summed E-state index contributed by atoms with van der Waals surface area (Å²) in [7, 11) is -1.18. The predicted octanol–water partition coefficient (Wildman–Crippen LogP) is 2.12. The van der Waals surface area contributed by atoms with Gasteiger partial charge in [0.15, 0.2) is 11.5 Å². The Kier molecular flexibility index (Phi) is 4.21. The van der Waals surface area contributed by atoms with Gasteiger partial charge in [-0.25, -0.2) is 0 Å². The van der Waals surface area contributed by atoms with Crippen LogP contribution in [0.4, 0.5) is 0 Å². The van der Waals surface area contributed by atoms with E-state index in [9.17, 15) is 4.21 Å². The van der Waals surface area contributed by atoms with Crippen molar-refractivity contribution in [2.24, 2.45) is 5.92 Å². The topological polar surface area (TPSA) is 59.3 Å². The monoisotopic (exact) mass is 265 g/mol. The zero-order valence-corrected chi connectivity index (χ0v) is 11.0. The molecule has 18 heavy (non-hydrogen) atoms. The number of fused-ring (bicyclic) bond motifs is 1. The molecule has 1 heterocycles. The molecule has 0 aromatic heterocycles. The lowest BCUT2D eigenvalue weighted by atomic mass is 10.3. The standard InChI is InChI=1S/C13H15NO3S/c1-10(8-14)9-18(15)11-3-4-12-13(7-11)17-6-2-5-16-12/h3-4,7,10H,2,5-6,9H2,1H3. The molecule has 0 saturated carbocycles. The molecule has 2 unspecified atom stereocenters. The number of benzene rings is 1. The maximum Gasteiger partial charge on any atom is 0.162 e. The van der Waals surface area contributed by atoms with Crippen molar-refractivity contribution >= 4 is 10.8 Å². The van der Waals surface area contributed by atoms with Crippen molar-refractivity contribution < 1.29 is 13.7 Å². The summed E-state index contributed by atoms with van der Waals surface area (Å²) in [6, 6.07) is 7.39. The van der Waals surface area contributed by atoms with E-state index in [1.54, 1.807) is 25.1 Å². The SMILES string of the molecule is CC(C#N)CS(=O)c1ccc2c(c1)OCCCO2. The number of hydrogen-bond acceptors (Lipinski definition) is 4. The van der Waals surface area contributed by atoms with E-state index in [0.29, 0.717) is 35.4 Å². The van der Waals surface area contributed by atoms with Crippen LogP contribution in [0.2, 0.25) is 0 Å². The molecule has 0 radical (unpaired) electrons. The first-order valence-corrected chi connectivity index (χ1v) is 7.20. The van der Waals surface area contributed by atoms with Crippen molar-refractivity contribution in [1.82, 2.24) is 0 Å². The van der Waals surface area contributed by atoms with E-state index in [0.717, 1.165) is 6.42 Å². The highest BCUT2D eigenvalue weighted by molar-refractivity contribution is 7.85. The van der Waals surface area contributed by atoms with E-state index in [1.165, 1.54) is 0 Å². The third kappa shape index (κ3) is 3.02. The molecule has 0 saturated heterocycles. The van der Waals surface area contributed by atoms with Gasteiger partial charge in [-0.3, -0.25) is 4.21 Å². The van der Waals surface area contributed by atoms with Crippen LogP contribution < -0.4 is 9.47 Å². The Bertz CT molecular complexity index is 495. The molecule has 4 nitrogen and oxygen atoms in total. The van der Waals surface area contributed by atoms with Crippen LogP contribution in [0, 0.1) is 17.2 Å². The minimum atomic E-state index is -1.18. The molecule has 0 fully saturated rings. The molecular weight excluding hydrogens is 250 g/mol. The highest BCUT2D eigenvalue weighted by Gasteiger charge is 2.14. The summed E-state index contributed by atoms with van der Waals surface area (Å²) in [4.78, 5) is 0.682. The zero-order valence-electron chi connectivity index (χ0n) is 10.2. The summed E-state index contributed by atoms with van der Waals surface area (Å²) in [6.45, 7) is 3.01. The fourth-order valence-corrected chi connectivity index (χ4v) is 2.83. The highest BCUT2D eigenvalue weighted by atomic mass is 32.2. The first-order chi connectivity index (χ1) is 8.70. The number of nitriles is 1. The van der Waals surface area contributed by atoms with Crippen molar-refractivity contribution in [3.8, 4) is 17.6 Å². The average molecular weight is 265 g/mol. The van der Waals surface area contributed by atoms with Crippen molar-refractivity contribution in [3.63, 3.8) is 0 Å². The minimum Gasteiger partial charge on any atom is -0.490 e. The van der Waals surface area contributed by atoms with Gasteiger partial charge in [0.25, 0.3) is 0 Å². The molecule has 2 rings (SSSR count). The molecule has 0 bridgehead atoms. The van der Waals surface area contributed by atoms with Crippen LogP contribution in [0.15, 0.2) is 23.1 Å². The number of hydrogen-bond donors (Lipinski definition) is 0. The summed E-state index contributed by atoms with van der Waals surface area (Å²) >= 11 is 0. The van der Waals surface area contributed by atoms with Crippen molar-refractivity contribution in [2.75, 3.05) is 19.0 Å². The van der Waals surface area contributed by atoms with E-state index in [4.69, 9.17) is 14.7 Å². The van der Waals surface area contributed by atoms with E-state index >= 15 is 0 Å². The van der Waals surface area contributed by atoms with E-state index in [-0.39, 0.29) is 5.92 Å². The van der Waals surface area contributed by atoms with E-state index in [1.807, 2.05) is 0 Å². The fourth-order valence-electron chi connectivity index (χ4n) is 1.65. The summed E-state index contributed by atoms with van der Waals surface area (Å²) in [6.07, 6.45) is 0.846. The molecule has 0 amide bonds. The molecule has 0 aliphatic carbocycles. The maximum absolute atomic E-state index is 12.0. The number of nitrogens with zero attached hydrogens (tertiary/aromatic N) is 1. The summed E-state index contributed by atoms with van der Waals surface area (Å²) in [5, 5.41) is 8.73. The van der Waals surface area contributed by atoms with Crippen molar-refractivity contribution in [2.45, 2.75) is 18.2 Å². The Morgan fingerprint density at radius 1 is 1.39 bits per heavy atom. The second kappa shape index (κ2) is 5.87. The first kappa shape index (κ1) is 12.9. The Morgan fingerprint density at radius 2 is 2.11 bits per heavy atom. The van der Waals surface area contributed by atoms with Gasteiger partial charge >= 0.3 is 0 Å². The second-order valence-electron chi connectivity index (χ2n) is 4.20. The van der Waals surface area contributed by atoms with Crippen molar-refractivity contribution in [3.05, 3.63) is 18.2 Å². The molecule has 1 aliphatic rings. The average Bonchev–Trinajstić information content (AvgIpc) is 2.62. The molecule has 96 valence electrons. The Hall–Kier alpha value is -1.54. The van der Waals surface area contributed by atoms with Gasteiger partial charge in [0.1, 0.15) is 0 Å². The van der Waals surface area contributed by atoms with Crippen LogP contribution >= 0.6 is 0 Å². The van der Waals surface area contributed by atoms with Crippen LogP contribution in [0.1, 0.15) is 13.3 Å². The van der Waals surface area contributed by atoms with Gasteiger partial charge < -0.3 is 9.47 Å². The van der Waals surface area contributed by atoms with Crippen LogP contribution in [-0.2, 0) is 10.8 Å². The largest absolute Gasteiger partial charge is 0.490 e. The smallest absolute Gasteiger partial charge is 0.162 e. The molecule has 5 heteroatoms. The number of rotatable bonds is 3. The van der Waals surface area contributed by atoms with Crippen LogP contribution in [0.5, 0.6) is 11.5 Å². The van der Waals surface area contributed by atoms with Crippen LogP contribution in [0.3, 0.4) is 0 Å². The quantitative estimate of drug-likeness (QED) is 0.840.